The SMILES string of the molecule is CC(=O)SCCC(=O)OC1C2CS(=O)(=O)OC1C(C)O2. The molecule has 0 aliphatic carbocycles. The van der Waals surface area contributed by atoms with E-state index in [-0.39, 0.29) is 17.3 Å². The van der Waals surface area contributed by atoms with Crippen LogP contribution in [0.4, 0.5) is 0 Å². The van der Waals surface area contributed by atoms with Gasteiger partial charge in [0.25, 0.3) is 10.1 Å². The number of hydrogen-bond donors (Lipinski definition) is 0. The van der Waals surface area contributed by atoms with Crippen molar-refractivity contribution >= 4 is 33.0 Å². The Morgan fingerprint density at radius 1 is 1.40 bits per heavy atom. The van der Waals surface area contributed by atoms with E-state index < -0.39 is 40.5 Å². The Labute approximate surface area is 121 Å². The van der Waals surface area contributed by atoms with Crippen LogP contribution in [0.3, 0.4) is 0 Å². The van der Waals surface area contributed by atoms with Gasteiger partial charge in [-0.2, -0.15) is 8.42 Å². The first-order valence-electron chi connectivity index (χ1n) is 6.18. The van der Waals surface area contributed by atoms with Crippen molar-refractivity contribution in [2.24, 2.45) is 0 Å². The summed E-state index contributed by atoms with van der Waals surface area (Å²) >= 11 is 1.04. The van der Waals surface area contributed by atoms with Crippen LogP contribution in [-0.4, -0.2) is 55.4 Å². The van der Waals surface area contributed by atoms with Crippen molar-refractivity contribution in [1.29, 1.82) is 0 Å². The van der Waals surface area contributed by atoms with Gasteiger partial charge in [0, 0.05) is 12.7 Å². The van der Waals surface area contributed by atoms with Crippen LogP contribution in [0.2, 0.25) is 0 Å². The molecule has 0 saturated carbocycles. The minimum Gasteiger partial charge on any atom is -0.457 e. The second kappa shape index (κ2) is 6.00. The fourth-order valence-corrected chi connectivity index (χ4v) is 4.13. The lowest BCUT2D eigenvalue weighted by atomic mass is 10.1. The molecule has 7 nitrogen and oxygen atoms in total. The van der Waals surface area contributed by atoms with Crippen molar-refractivity contribution in [3.05, 3.63) is 0 Å². The molecule has 2 fully saturated rings. The van der Waals surface area contributed by atoms with E-state index in [4.69, 9.17) is 13.7 Å². The molecule has 0 amide bonds. The van der Waals surface area contributed by atoms with Gasteiger partial charge >= 0.3 is 5.97 Å². The molecule has 2 saturated heterocycles. The summed E-state index contributed by atoms with van der Waals surface area (Å²) < 4.78 is 38.5. The molecule has 0 radical (unpaired) electrons. The third-order valence-electron chi connectivity index (χ3n) is 3.05. The molecule has 2 heterocycles. The summed E-state index contributed by atoms with van der Waals surface area (Å²) in [4.78, 5) is 22.4. The van der Waals surface area contributed by atoms with Crippen molar-refractivity contribution < 1.29 is 31.7 Å². The van der Waals surface area contributed by atoms with Crippen molar-refractivity contribution in [2.45, 2.75) is 44.7 Å². The van der Waals surface area contributed by atoms with E-state index in [1.54, 1.807) is 6.92 Å². The number of carbonyl (C=O) groups is 2. The van der Waals surface area contributed by atoms with Gasteiger partial charge in [0.2, 0.25) is 0 Å². The van der Waals surface area contributed by atoms with Gasteiger partial charge in [-0.15, -0.1) is 0 Å². The number of carbonyl (C=O) groups excluding carboxylic acids is 2. The number of hydrogen-bond acceptors (Lipinski definition) is 8. The number of thioether (sulfide) groups is 1. The second-order valence-electron chi connectivity index (χ2n) is 4.71. The summed E-state index contributed by atoms with van der Waals surface area (Å²) in [6, 6.07) is 0. The highest BCUT2D eigenvalue weighted by molar-refractivity contribution is 8.13. The third-order valence-corrected chi connectivity index (χ3v) is 5.11. The van der Waals surface area contributed by atoms with Crippen LogP contribution in [0.5, 0.6) is 0 Å². The average Bonchev–Trinajstić information content (AvgIpc) is 2.49. The molecule has 0 aromatic heterocycles. The zero-order valence-electron chi connectivity index (χ0n) is 11.1. The Bertz CT molecular complexity index is 501. The van der Waals surface area contributed by atoms with Gasteiger partial charge in [0.1, 0.15) is 18.0 Å². The van der Waals surface area contributed by atoms with Crippen LogP contribution < -0.4 is 0 Å². The molecule has 20 heavy (non-hydrogen) atoms. The minimum atomic E-state index is -3.61. The molecule has 2 aliphatic heterocycles. The maximum absolute atomic E-state index is 11.7. The smallest absolute Gasteiger partial charge is 0.307 e. The summed E-state index contributed by atoms with van der Waals surface area (Å²) in [5, 5.41) is -0.0677. The zero-order chi connectivity index (χ0) is 14.9. The molecule has 2 rings (SSSR count). The van der Waals surface area contributed by atoms with Gasteiger partial charge in [-0.3, -0.25) is 13.8 Å². The molecule has 0 aromatic carbocycles. The summed E-state index contributed by atoms with van der Waals surface area (Å²) in [6.45, 7) is 3.10. The predicted octanol–water partition coefficient (Wildman–Crippen LogP) is 0.0839. The highest BCUT2D eigenvalue weighted by Crippen LogP contribution is 2.33. The number of ether oxygens (including phenoxy) is 2. The first-order valence-corrected chi connectivity index (χ1v) is 8.74. The van der Waals surface area contributed by atoms with E-state index in [2.05, 4.69) is 0 Å². The van der Waals surface area contributed by atoms with Crippen LogP contribution >= 0.6 is 11.8 Å². The van der Waals surface area contributed by atoms with Crippen LogP contribution in [0.1, 0.15) is 20.3 Å². The van der Waals surface area contributed by atoms with Gasteiger partial charge in [-0.1, -0.05) is 11.8 Å². The first kappa shape index (κ1) is 15.7. The van der Waals surface area contributed by atoms with Gasteiger partial charge in [-0.25, -0.2) is 0 Å². The number of rotatable bonds is 4. The van der Waals surface area contributed by atoms with Gasteiger partial charge in [-0.05, 0) is 6.92 Å². The van der Waals surface area contributed by atoms with Crippen molar-refractivity contribution in [3.63, 3.8) is 0 Å². The van der Waals surface area contributed by atoms with Crippen LogP contribution in [0.25, 0.3) is 0 Å². The Hall–Kier alpha value is -0.640. The Morgan fingerprint density at radius 3 is 2.70 bits per heavy atom. The topological polar surface area (TPSA) is 96.0 Å². The maximum atomic E-state index is 11.7. The molecular weight excluding hydrogens is 308 g/mol. The van der Waals surface area contributed by atoms with E-state index in [1.165, 1.54) is 6.92 Å². The molecule has 0 N–H and O–H groups in total. The highest BCUT2D eigenvalue weighted by atomic mass is 32.2. The lowest BCUT2D eigenvalue weighted by Gasteiger charge is -2.27. The van der Waals surface area contributed by atoms with Gasteiger partial charge < -0.3 is 9.47 Å². The van der Waals surface area contributed by atoms with Crippen LogP contribution in [0, 0.1) is 0 Å². The van der Waals surface area contributed by atoms with Gasteiger partial charge in [0.15, 0.2) is 11.2 Å². The summed E-state index contributed by atoms with van der Waals surface area (Å²) in [5.41, 5.74) is 0. The van der Waals surface area contributed by atoms with Crippen LogP contribution in [-0.2, 0) is 33.4 Å². The summed E-state index contributed by atoms with van der Waals surface area (Å²) in [6.07, 6.45) is -2.53. The fourth-order valence-electron chi connectivity index (χ4n) is 2.22. The molecule has 9 heteroatoms. The molecule has 4 atom stereocenters. The monoisotopic (exact) mass is 324 g/mol. The molecule has 0 spiro atoms. The summed E-state index contributed by atoms with van der Waals surface area (Å²) in [7, 11) is -3.61. The molecule has 4 unspecified atom stereocenters. The number of fused-ring (bicyclic) bond motifs is 2. The minimum absolute atomic E-state index is 0.0677. The molecule has 2 aliphatic rings. The Balaban J connectivity index is 1.90. The van der Waals surface area contributed by atoms with Crippen LogP contribution in [0.15, 0.2) is 0 Å². The maximum Gasteiger partial charge on any atom is 0.307 e. The standard InChI is InChI=1S/C11H16O7S2/c1-6-10-11(8(16-6)5-20(14,15)18-10)17-9(13)3-4-19-7(2)12/h6,8,10-11H,3-5H2,1-2H3. The lowest BCUT2D eigenvalue weighted by molar-refractivity contribution is -0.154. The van der Waals surface area contributed by atoms with E-state index in [9.17, 15) is 18.0 Å². The molecule has 0 aromatic rings. The number of esters is 1. The molecule has 114 valence electrons. The lowest BCUT2D eigenvalue weighted by Crippen LogP contribution is -2.47. The molecule has 2 bridgehead atoms. The van der Waals surface area contributed by atoms with E-state index in [0.717, 1.165) is 11.8 Å². The first-order chi connectivity index (χ1) is 9.28. The Kier molecular flexibility index (Phi) is 4.73. The average molecular weight is 324 g/mol. The van der Waals surface area contributed by atoms with Crippen molar-refractivity contribution in [2.75, 3.05) is 11.5 Å². The van der Waals surface area contributed by atoms with E-state index >= 15 is 0 Å². The summed E-state index contributed by atoms with van der Waals surface area (Å²) in [5.74, 6) is -0.459. The van der Waals surface area contributed by atoms with E-state index in [0.29, 0.717) is 5.75 Å². The fraction of sp³-hybridized carbons (Fsp3) is 0.818. The highest BCUT2D eigenvalue weighted by Gasteiger charge is 2.53. The quantitative estimate of drug-likeness (QED) is 0.530. The third kappa shape index (κ3) is 3.72. The molecular formula is C11H16O7S2. The second-order valence-corrected chi connectivity index (χ2v) is 7.62. The Morgan fingerprint density at radius 2 is 2.10 bits per heavy atom. The van der Waals surface area contributed by atoms with Gasteiger partial charge in [0.05, 0.1) is 12.5 Å². The van der Waals surface area contributed by atoms with Crippen molar-refractivity contribution in [1.82, 2.24) is 0 Å². The normalized spacial score (nSPS) is 34.7. The van der Waals surface area contributed by atoms with E-state index in [1.807, 2.05) is 0 Å². The predicted molar refractivity (Wildman–Crippen MR) is 70.6 cm³/mol. The zero-order valence-corrected chi connectivity index (χ0v) is 12.7. The largest absolute Gasteiger partial charge is 0.457 e. The van der Waals surface area contributed by atoms with Crippen molar-refractivity contribution in [3.8, 4) is 0 Å².